The molecule has 1 N–H and O–H groups in total. The van der Waals surface area contributed by atoms with Crippen LogP contribution in [0.2, 0.25) is 0 Å². The standard InChI is InChI=1S/C23H25NO/c1-24(18-19-8-4-2-5-9-19)17-16-23(25)22-14-12-21(13-15-22)20-10-6-3-7-11-20/h2-15,23,25H,16-18H2,1H3/t23-/m1/s1. The molecule has 0 saturated heterocycles. The third kappa shape index (κ3) is 5.02. The Bertz CT molecular complexity index is 753. The van der Waals surface area contributed by atoms with Crippen molar-refractivity contribution < 1.29 is 5.11 Å². The lowest BCUT2D eigenvalue weighted by Crippen LogP contribution is -2.20. The lowest BCUT2D eigenvalue weighted by atomic mass is 10.0. The van der Waals surface area contributed by atoms with Gasteiger partial charge < -0.3 is 10.0 Å². The zero-order chi connectivity index (χ0) is 17.5. The molecule has 1 atom stereocenters. The summed E-state index contributed by atoms with van der Waals surface area (Å²) in [6.45, 7) is 1.76. The molecule has 25 heavy (non-hydrogen) atoms. The van der Waals surface area contributed by atoms with Gasteiger partial charge in [-0.3, -0.25) is 0 Å². The minimum Gasteiger partial charge on any atom is -0.388 e. The molecule has 0 spiro atoms. The average Bonchev–Trinajstić information content (AvgIpc) is 2.68. The fourth-order valence-corrected chi connectivity index (χ4v) is 3.01. The van der Waals surface area contributed by atoms with Crippen LogP contribution in [0, 0.1) is 0 Å². The zero-order valence-corrected chi connectivity index (χ0v) is 14.7. The monoisotopic (exact) mass is 331 g/mol. The summed E-state index contributed by atoms with van der Waals surface area (Å²) in [6.07, 6.45) is 0.302. The highest BCUT2D eigenvalue weighted by Gasteiger charge is 2.09. The molecule has 128 valence electrons. The normalized spacial score (nSPS) is 12.3. The van der Waals surface area contributed by atoms with E-state index < -0.39 is 6.10 Å². The molecule has 3 aromatic carbocycles. The minimum atomic E-state index is -0.428. The predicted molar refractivity (Wildman–Crippen MR) is 104 cm³/mol. The van der Waals surface area contributed by atoms with Crippen LogP contribution in [0.1, 0.15) is 23.7 Å². The largest absolute Gasteiger partial charge is 0.388 e. The van der Waals surface area contributed by atoms with Crippen molar-refractivity contribution in [3.05, 3.63) is 96.1 Å². The van der Waals surface area contributed by atoms with Gasteiger partial charge in [-0.2, -0.15) is 0 Å². The molecule has 0 fully saturated rings. The van der Waals surface area contributed by atoms with Crippen molar-refractivity contribution in [3.8, 4) is 11.1 Å². The summed E-state index contributed by atoms with van der Waals surface area (Å²) in [6, 6.07) is 29.0. The van der Waals surface area contributed by atoms with Crippen molar-refractivity contribution in [3.63, 3.8) is 0 Å². The molecular formula is C23H25NO. The van der Waals surface area contributed by atoms with Crippen LogP contribution in [-0.4, -0.2) is 23.6 Å². The van der Waals surface area contributed by atoms with Crippen molar-refractivity contribution in [1.29, 1.82) is 0 Å². The second-order valence-corrected chi connectivity index (χ2v) is 6.52. The first-order chi connectivity index (χ1) is 12.2. The first-order valence-corrected chi connectivity index (χ1v) is 8.78. The van der Waals surface area contributed by atoms with Gasteiger partial charge >= 0.3 is 0 Å². The van der Waals surface area contributed by atoms with Crippen molar-refractivity contribution in [2.75, 3.05) is 13.6 Å². The van der Waals surface area contributed by atoms with E-state index in [2.05, 4.69) is 60.5 Å². The molecule has 3 aromatic rings. The summed E-state index contributed by atoms with van der Waals surface area (Å²) < 4.78 is 0. The summed E-state index contributed by atoms with van der Waals surface area (Å²) in [5, 5.41) is 10.5. The molecule has 0 bridgehead atoms. The van der Waals surface area contributed by atoms with E-state index in [0.29, 0.717) is 0 Å². The fraction of sp³-hybridized carbons (Fsp3) is 0.217. The van der Waals surface area contributed by atoms with E-state index in [9.17, 15) is 5.11 Å². The molecule has 0 heterocycles. The lowest BCUT2D eigenvalue weighted by molar-refractivity contribution is 0.147. The minimum absolute atomic E-state index is 0.428. The number of nitrogens with zero attached hydrogens (tertiary/aromatic N) is 1. The van der Waals surface area contributed by atoms with Crippen LogP contribution in [0.3, 0.4) is 0 Å². The van der Waals surface area contributed by atoms with Gasteiger partial charge in [0.15, 0.2) is 0 Å². The first-order valence-electron chi connectivity index (χ1n) is 8.78. The number of hydrogen-bond donors (Lipinski definition) is 1. The van der Waals surface area contributed by atoms with Crippen LogP contribution in [0.4, 0.5) is 0 Å². The SMILES string of the molecule is CN(CC[C@@H](O)c1ccc(-c2ccccc2)cc1)Cc1ccccc1. The fourth-order valence-electron chi connectivity index (χ4n) is 3.01. The average molecular weight is 331 g/mol. The third-order valence-electron chi connectivity index (χ3n) is 4.48. The molecule has 0 aliphatic carbocycles. The quantitative estimate of drug-likeness (QED) is 0.665. The van der Waals surface area contributed by atoms with E-state index in [1.54, 1.807) is 0 Å². The summed E-state index contributed by atoms with van der Waals surface area (Å²) >= 11 is 0. The van der Waals surface area contributed by atoms with Gasteiger partial charge in [0.2, 0.25) is 0 Å². The van der Waals surface area contributed by atoms with Gasteiger partial charge in [0.1, 0.15) is 0 Å². The second kappa shape index (κ2) is 8.61. The maximum Gasteiger partial charge on any atom is 0.0802 e. The van der Waals surface area contributed by atoms with Gasteiger partial charge in [-0.1, -0.05) is 84.9 Å². The molecule has 0 unspecified atom stereocenters. The van der Waals surface area contributed by atoms with E-state index in [4.69, 9.17) is 0 Å². The number of rotatable bonds is 7. The molecule has 3 rings (SSSR count). The molecule has 0 radical (unpaired) electrons. The summed E-state index contributed by atoms with van der Waals surface area (Å²) in [4.78, 5) is 2.25. The zero-order valence-electron chi connectivity index (χ0n) is 14.7. The van der Waals surface area contributed by atoms with Crippen LogP contribution in [0.15, 0.2) is 84.9 Å². The molecule has 0 amide bonds. The second-order valence-electron chi connectivity index (χ2n) is 6.52. The number of benzene rings is 3. The van der Waals surface area contributed by atoms with Crippen molar-refractivity contribution >= 4 is 0 Å². The molecule has 0 aliphatic rings. The smallest absolute Gasteiger partial charge is 0.0802 e. The van der Waals surface area contributed by atoms with Crippen LogP contribution < -0.4 is 0 Å². The van der Waals surface area contributed by atoms with E-state index in [1.807, 2.05) is 36.4 Å². The van der Waals surface area contributed by atoms with Gasteiger partial charge in [-0.05, 0) is 35.7 Å². The van der Waals surface area contributed by atoms with Crippen molar-refractivity contribution in [1.82, 2.24) is 4.90 Å². The van der Waals surface area contributed by atoms with E-state index >= 15 is 0 Å². The van der Waals surface area contributed by atoms with Gasteiger partial charge in [0.25, 0.3) is 0 Å². The molecule has 2 nitrogen and oxygen atoms in total. The van der Waals surface area contributed by atoms with Gasteiger partial charge in [0.05, 0.1) is 6.10 Å². The van der Waals surface area contributed by atoms with Crippen molar-refractivity contribution in [2.45, 2.75) is 19.1 Å². The van der Waals surface area contributed by atoms with Gasteiger partial charge in [-0.15, -0.1) is 0 Å². The summed E-state index contributed by atoms with van der Waals surface area (Å²) in [5.74, 6) is 0. The third-order valence-corrected chi connectivity index (χ3v) is 4.48. The first kappa shape index (κ1) is 17.4. The van der Waals surface area contributed by atoms with Crippen LogP contribution >= 0.6 is 0 Å². The Morgan fingerprint density at radius 2 is 1.32 bits per heavy atom. The van der Waals surface area contributed by atoms with Gasteiger partial charge in [0, 0.05) is 13.1 Å². The lowest BCUT2D eigenvalue weighted by Gasteiger charge is -2.19. The van der Waals surface area contributed by atoms with Crippen LogP contribution in [-0.2, 0) is 6.54 Å². The molecule has 2 heteroatoms. The van der Waals surface area contributed by atoms with E-state index in [-0.39, 0.29) is 0 Å². The van der Waals surface area contributed by atoms with Crippen LogP contribution in [0.25, 0.3) is 11.1 Å². The maximum absolute atomic E-state index is 10.5. The van der Waals surface area contributed by atoms with Crippen LogP contribution in [0.5, 0.6) is 0 Å². The van der Waals surface area contributed by atoms with E-state index in [1.165, 1.54) is 16.7 Å². The van der Waals surface area contributed by atoms with E-state index in [0.717, 1.165) is 25.1 Å². The molecule has 0 aliphatic heterocycles. The Kier molecular flexibility index (Phi) is 5.99. The predicted octanol–water partition coefficient (Wildman–Crippen LogP) is 4.91. The number of aliphatic hydroxyl groups is 1. The highest BCUT2D eigenvalue weighted by molar-refractivity contribution is 5.63. The highest BCUT2D eigenvalue weighted by Crippen LogP contribution is 2.23. The Morgan fingerprint density at radius 3 is 1.96 bits per heavy atom. The number of aliphatic hydroxyl groups excluding tert-OH is 1. The number of hydrogen-bond acceptors (Lipinski definition) is 2. The Morgan fingerprint density at radius 1 is 0.760 bits per heavy atom. The van der Waals surface area contributed by atoms with Crippen molar-refractivity contribution in [2.24, 2.45) is 0 Å². The Labute approximate surface area is 150 Å². The molecule has 0 saturated carbocycles. The Hall–Kier alpha value is -2.42. The highest BCUT2D eigenvalue weighted by atomic mass is 16.3. The summed E-state index contributed by atoms with van der Waals surface area (Å²) in [5.41, 5.74) is 4.66. The summed E-state index contributed by atoms with van der Waals surface area (Å²) in [7, 11) is 2.10. The molecular weight excluding hydrogens is 306 g/mol. The Balaban J connectivity index is 1.53. The molecule has 0 aromatic heterocycles. The van der Waals surface area contributed by atoms with Gasteiger partial charge in [-0.25, -0.2) is 0 Å². The topological polar surface area (TPSA) is 23.5 Å². The maximum atomic E-state index is 10.5.